The van der Waals surface area contributed by atoms with Gasteiger partial charge in [0.15, 0.2) is 18.2 Å². The number of thioether (sulfide) groups is 1. The van der Waals surface area contributed by atoms with Gasteiger partial charge in [-0.05, 0) is 62.2 Å². The van der Waals surface area contributed by atoms with Gasteiger partial charge in [-0.3, -0.25) is 15.2 Å². The Kier molecular flexibility index (Phi) is 9.36. The van der Waals surface area contributed by atoms with E-state index >= 15 is 0 Å². The van der Waals surface area contributed by atoms with Crippen LogP contribution in [0, 0.1) is 24.0 Å². The summed E-state index contributed by atoms with van der Waals surface area (Å²) in [5.41, 5.74) is 5.75. The van der Waals surface area contributed by atoms with Crippen LogP contribution >= 0.6 is 23.4 Å². The van der Waals surface area contributed by atoms with E-state index in [1.165, 1.54) is 23.8 Å². The number of anilines is 1. The molecule has 12 heteroatoms. The Morgan fingerprint density at radius 3 is 2.52 bits per heavy atom. The van der Waals surface area contributed by atoms with Gasteiger partial charge in [0, 0.05) is 28.5 Å². The van der Waals surface area contributed by atoms with Gasteiger partial charge in [0.2, 0.25) is 0 Å². The zero-order valence-corrected chi connectivity index (χ0v) is 26.9. The van der Waals surface area contributed by atoms with E-state index in [9.17, 15) is 10.1 Å². The summed E-state index contributed by atoms with van der Waals surface area (Å²) in [7, 11) is 0. The number of hydrogen-bond donors (Lipinski definition) is 2. The molecule has 0 atom stereocenters. The van der Waals surface area contributed by atoms with Gasteiger partial charge < -0.3 is 14.8 Å². The largest absolute Gasteiger partial charge is 0.493 e. The molecular weight excluding hydrogens is 600 g/mol. The molecule has 0 bridgehead atoms. The van der Waals surface area contributed by atoms with Gasteiger partial charge in [0.1, 0.15) is 11.5 Å². The second kappa shape index (κ2) is 13.2. The number of aromatic amines is 1. The summed E-state index contributed by atoms with van der Waals surface area (Å²) in [6.07, 6.45) is 0.894. The van der Waals surface area contributed by atoms with Crippen LogP contribution in [0.5, 0.6) is 11.5 Å². The van der Waals surface area contributed by atoms with Crippen LogP contribution in [-0.2, 0) is 5.41 Å². The number of fused-ring (bicyclic) bond motifs is 1. The van der Waals surface area contributed by atoms with E-state index in [1.54, 1.807) is 16.4 Å². The molecule has 0 aliphatic carbocycles. The average molecular weight is 635 g/mol. The second-order valence-corrected chi connectivity index (χ2v) is 13.0. The Morgan fingerprint density at radius 1 is 1.05 bits per heavy atom. The molecule has 230 valence electrons. The first-order valence-electron chi connectivity index (χ1n) is 14.2. The number of benzene rings is 3. The van der Waals surface area contributed by atoms with Crippen LogP contribution in [0.25, 0.3) is 17.0 Å². The number of non-ortho nitro benzene ring substituents is 1. The molecule has 0 saturated heterocycles. The van der Waals surface area contributed by atoms with Crippen LogP contribution < -0.4 is 14.8 Å². The number of ether oxygens (including phenoxy) is 2. The molecule has 0 spiro atoms. The number of aryl methyl sites for hydroxylation is 2. The molecule has 10 nitrogen and oxygen atoms in total. The SMILES string of the molecule is Cc1ccc(OCCCSc2c(C(C)(C)C)[nH]n3nc(-c4ccc(NCOc5cc([N+](=O)[O-])ccc5Cl)cc4)nc23)c(C)c1. The van der Waals surface area contributed by atoms with Gasteiger partial charge in [-0.2, -0.15) is 4.63 Å². The highest BCUT2D eigenvalue weighted by molar-refractivity contribution is 7.99. The van der Waals surface area contributed by atoms with Gasteiger partial charge in [0.05, 0.1) is 33.2 Å². The summed E-state index contributed by atoms with van der Waals surface area (Å²) in [4.78, 5) is 16.5. The summed E-state index contributed by atoms with van der Waals surface area (Å²) >= 11 is 7.88. The molecule has 2 aromatic heterocycles. The van der Waals surface area contributed by atoms with Crippen molar-refractivity contribution < 1.29 is 14.4 Å². The van der Waals surface area contributed by atoms with Crippen molar-refractivity contribution >= 4 is 40.4 Å². The molecule has 0 radical (unpaired) electrons. The Balaban J connectivity index is 1.22. The number of rotatable bonds is 12. The number of hydrogen-bond acceptors (Lipinski definition) is 8. The molecule has 0 aliphatic rings. The van der Waals surface area contributed by atoms with E-state index in [0.717, 1.165) is 51.0 Å². The molecule has 2 heterocycles. The summed E-state index contributed by atoms with van der Waals surface area (Å²) in [6, 6.07) is 18.0. The Labute approximate surface area is 265 Å². The Morgan fingerprint density at radius 2 is 1.82 bits per heavy atom. The van der Waals surface area contributed by atoms with Gasteiger partial charge in [0.25, 0.3) is 5.69 Å². The predicted octanol–water partition coefficient (Wildman–Crippen LogP) is 8.21. The third-order valence-electron chi connectivity index (χ3n) is 6.90. The van der Waals surface area contributed by atoms with Crippen LogP contribution in [0.4, 0.5) is 11.4 Å². The maximum Gasteiger partial charge on any atom is 0.273 e. The Bertz CT molecular complexity index is 1780. The van der Waals surface area contributed by atoms with Crippen molar-refractivity contribution in [3.8, 4) is 22.9 Å². The first-order chi connectivity index (χ1) is 21.0. The van der Waals surface area contributed by atoms with Gasteiger partial charge in [-0.15, -0.1) is 16.9 Å². The quantitative estimate of drug-likeness (QED) is 0.0463. The van der Waals surface area contributed by atoms with E-state index < -0.39 is 4.92 Å². The zero-order chi connectivity index (χ0) is 31.4. The minimum Gasteiger partial charge on any atom is -0.493 e. The lowest BCUT2D eigenvalue weighted by molar-refractivity contribution is -0.384. The highest BCUT2D eigenvalue weighted by Gasteiger charge is 2.26. The number of nitro benzene ring substituents is 1. The zero-order valence-electron chi connectivity index (χ0n) is 25.3. The second-order valence-electron chi connectivity index (χ2n) is 11.5. The van der Waals surface area contributed by atoms with Crippen LogP contribution in [0.15, 0.2) is 65.6 Å². The van der Waals surface area contributed by atoms with Gasteiger partial charge in [-0.1, -0.05) is 50.1 Å². The normalized spacial score (nSPS) is 11.6. The van der Waals surface area contributed by atoms with Crippen LogP contribution in [-0.4, -0.2) is 43.8 Å². The summed E-state index contributed by atoms with van der Waals surface area (Å²) in [5.74, 6) is 2.67. The number of halogens is 1. The number of nitrogens with one attached hydrogen (secondary N) is 2. The molecule has 0 fully saturated rings. The van der Waals surface area contributed by atoms with Crippen molar-refractivity contribution in [1.82, 2.24) is 19.8 Å². The van der Waals surface area contributed by atoms with Crippen LogP contribution in [0.2, 0.25) is 5.02 Å². The minimum absolute atomic E-state index is 0.0812. The molecule has 44 heavy (non-hydrogen) atoms. The fourth-order valence-corrected chi connectivity index (χ4v) is 6.00. The van der Waals surface area contributed by atoms with Gasteiger partial charge >= 0.3 is 0 Å². The van der Waals surface area contributed by atoms with E-state index in [2.05, 4.69) is 57.2 Å². The topological polar surface area (TPSA) is 120 Å². The van der Waals surface area contributed by atoms with Crippen LogP contribution in [0.1, 0.15) is 44.0 Å². The van der Waals surface area contributed by atoms with Crippen molar-refractivity contribution in [3.63, 3.8) is 0 Å². The summed E-state index contributed by atoms with van der Waals surface area (Å²) in [6.45, 7) is 11.4. The molecule has 0 unspecified atom stereocenters. The van der Waals surface area contributed by atoms with Crippen molar-refractivity contribution in [1.29, 1.82) is 0 Å². The monoisotopic (exact) mass is 634 g/mol. The maximum atomic E-state index is 11.0. The van der Waals surface area contributed by atoms with E-state index in [1.807, 2.05) is 30.3 Å². The fourth-order valence-electron chi connectivity index (χ4n) is 4.60. The fraction of sp³-hybridized carbons (Fsp3) is 0.312. The number of aromatic nitrogens is 4. The standard InChI is InChI=1S/C32H35ClN6O4S/c1-20-7-14-26(21(2)17-20)42-15-6-16-44-28-29(32(3,4)5)36-38-31(28)35-30(37-38)22-8-10-23(11-9-22)34-19-43-27-18-24(39(40)41)12-13-25(27)33/h7-14,17-18,34,36H,6,15-16,19H2,1-5H3. The third kappa shape index (κ3) is 7.28. The summed E-state index contributed by atoms with van der Waals surface area (Å²) < 4.78 is 13.4. The Hall–Kier alpha value is -4.22. The van der Waals surface area contributed by atoms with Crippen molar-refractivity contribution in [2.45, 2.75) is 51.3 Å². The van der Waals surface area contributed by atoms with Crippen LogP contribution in [0.3, 0.4) is 0 Å². The molecule has 5 rings (SSSR count). The molecule has 5 aromatic rings. The van der Waals surface area contributed by atoms with Crippen molar-refractivity contribution in [2.24, 2.45) is 0 Å². The first kappa shape index (κ1) is 31.2. The predicted molar refractivity (Wildman–Crippen MR) is 175 cm³/mol. The molecule has 0 aliphatic heterocycles. The lowest BCUT2D eigenvalue weighted by atomic mass is 9.92. The van der Waals surface area contributed by atoms with E-state index in [0.29, 0.717) is 17.5 Å². The van der Waals surface area contributed by atoms with Gasteiger partial charge in [-0.25, -0.2) is 4.98 Å². The highest BCUT2D eigenvalue weighted by atomic mass is 35.5. The third-order valence-corrected chi connectivity index (χ3v) is 8.38. The number of nitrogens with zero attached hydrogens (tertiary/aromatic N) is 4. The van der Waals surface area contributed by atoms with Crippen molar-refractivity contribution in [3.05, 3.63) is 92.6 Å². The first-order valence-corrected chi connectivity index (χ1v) is 15.6. The molecule has 2 N–H and O–H groups in total. The number of H-pyrrole nitrogens is 1. The van der Waals surface area contributed by atoms with E-state index in [-0.39, 0.29) is 23.6 Å². The van der Waals surface area contributed by atoms with Crippen molar-refractivity contribution in [2.75, 3.05) is 24.4 Å². The lowest BCUT2D eigenvalue weighted by Crippen LogP contribution is -2.13. The van der Waals surface area contributed by atoms with E-state index in [4.69, 9.17) is 31.2 Å². The highest BCUT2D eigenvalue weighted by Crippen LogP contribution is 2.36. The lowest BCUT2D eigenvalue weighted by Gasteiger charge is -2.18. The minimum atomic E-state index is -0.491. The number of nitro groups is 1. The molecule has 3 aromatic carbocycles. The average Bonchev–Trinajstić information content (AvgIpc) is 3.54. The molecule has 0 saturated carbocycles. The molecular formula is C32H35ClN6O4S. The smallest absolute Gasteiger partial charge is 0.273 e. The summed E-state index contributed by atoms with van der Waals surface area (Å²) in [5, 5.41) is 22.7. The molecule has 0 amide bonds. The maximum absolute atomic E-state index is 11.0.